The molecule has 1 N–H and O–H groups in total. The van der Waals surface area contributed by atoms with E-state index in [1.54, 1.807) is 26.0 Å². The van der Waals surface area contributed by atoms with Crippen molar-refractivity contribution in [1.29, 1.82) is 0 Å². The Balaban J connectivity index is 1.92. The lowest BCUT2D eigenvalue weighted by Crippen LogP contribution is -2.30. The summed E-state index contributed by atoms with van der Waals surface area (Å²) in [6.45, 7) is 4.08. The molecule has 33 heavy (non-hydrogen) atoms. The Morgan fingerprint density at radius 1 is 1.00 bits per heavy atom. The van der Waals surface area contributed by atoms with Crippen LogP contribution < -0.4 is 10.1 Å². The highest BCUT2D eigenvalue weighted by molar-refractivity contribution is 7.92. The summed E-state index contributed by atoms with van der Waals surface area (Å²) >= 11 is 0. The van der Waals surface area contributed by atoms with Gasteiger partial charge in [0, 0.05) is 18.8 Å². The van der Waals surface area contributed by atoms with Crippen molar-refractivity contribution in [2.45, 2.75) is 54.6 Å². The number of nitrogens with one attached hydrogen (secondary N) is 1. The first-order valence-electron chi connectivity index (χ1n) is 11.0. The molecule has 0 aliphatic heterocycles. The molecule has 1 amide bonds. The normalized spacial score (nSPS) is 15.0. The number of benzene rings is 2. The molecule has 0 unspecified atom stereocenters. The van der Waals surface area contributed by atoms with Gasteiger partial charge >= 0.3 is 0 Å². The molecular formula is C23H30N2O6S2. The fraction of sp³-hybridized carbons (Fsp3) is 0.435. The maximum absolute atomic E-state index is 13.1. The molecule has 1 saturated carbocycles. The number of hydrogen-bond acceptors (Lipinski definition) is 6. The number of sulfonamides is 1. The Bertz CT molecular complexity index is 1220. The third-order valence-corrected chi connectivity index (χ3v) is 10.2. The van der Waals surface area contributed by atoms with Gasteiger partial charge in [-0.1, -0.05) is 32.8 Å². The summed E-state index contributed by atoms with van der Waals surface area (Å²) in [5.74, 6) is -0.389. The van der Waals surface area contributed by atoms with Crippen LogP contribution in [0.3, 0.4) is 0 Å². The van der Waals surface area contributed by atoms with Crippen molar-refractivity contribution in [2.75, 3.05) is 25.5 Å². The lowest BCUT2D eigenvalue weighted by Gasteiger charge is -2.19. The second-order valence-electron chi connectivity index (χ2n) is 7.88. The van der Waals surface area contributed by atoms with Gasteiger partial charge in [-0.15, -0.1) is 0 Å². The van der Waals surface area contributed by atoms with Crippen LogP contribution >= 0.6 is 0 Å². The van der Waals surface area contributed by atoms with Gasteiger partial charge in [0.05, 0.1) is 27.7 Å². The molecule has 0 atom stereocenters. The van der Waals surface area contributed by atoms with E-state index in [-0.39, 0.29) is 21.1 Å². The number of methoxy groups -OCH3 is 1. The average molecular weight is 495 g/mol. The first-order valence-corrected chi connectivity index (χ1v) is 14.0. The molecule has 180 valence electrons. The number of carbonyl (C=O) groups excluding carboxylic acids is 1. The minimum atomic E-state index is -3.77. The van der Waals surface area contributed by atoms with Gasteiger partial charge in [0.1, 0.15) is 5.75 Å². The van der Waals surface area contributed by atoms with Gasteiger partial charge in [0.2, 0.25) is 10.0 Å². The van der Waals surface area contributed by atoms with Crippen LogP contribution in [0.25, 0.3) is 0 Å². The van der Waals surface area contributed by atoms with E-state index in [9.17, 15) is 21.6 Å². The molecule has 2 aromatic rings. The van der Waals surface area contributed by atoms with Crippen LogP contribution in [0.5, 0.6) is 5.75 Å². The third-order valence-electron chi connectivity index (χ3n) is 5.92. The Hall–Kier alpha value is -2.43. The van der Waals surface area contributed by atoms with Gasteiger partial charge < -0.3 is 10.1 Å². The number of anilines is 1. The van der Waals surface area contributed by atoms with Crippen molar-refractivity contribution < 1.29 is 26.4 Å². The van der Waals surface area contributed by atoms with E-state index < -0.39 is 31.0 Å². The maximum Gasteiger partial charge on any atom is 0.259 e. The van der Waals surface area contributed by atoms with E-state index >= 15 is 0 Å². The van der Waals surface area contributed by atoms with Crippen LogP contribution in [0, 0.1) is 0 Å². The minimum absolute atomic E-state index is 0.0188. The largest absolute Gasteiger partial charge is 0.496 e. The van der Waals surface area contributed by atoms with Gasteiger partial charge in [0.15, 0.2) is 9.84 Å². The number of nitrogens with zero attached hydrogens (tertiary/aromatic N) is 1. The molecule has 0 bridgehead atoms. The summed E-state index contributed by atoms with van der Waals surface area (Å²) in [7, 11) is -5.86. The van der Waals surface area contributed by atoms with Gasteiger partial charge in [-0.2, -0.15) is 4.31 Å². The highest BCUT2D eigenvalue weighted by Crippen LogP contribution is 2.31. The summed E-state index contributed by atoms with van der Waals surface area (Å²) < 4.78 is 58.2. The summed E-state index contributed by atoms with van der Waals surface area (Å²) in [6.07, 6.45) is 3.08. The van der Waals surface area contributed by atoms with E-state index in [0.29, 0.717) is 31.6 Å². The Morgan fingerprint density at radius 2 is 1.67 bits per heavy atom. The van der Waals surface area contributed by atoms with Gasteiger partial charge in [-0.05, 0) is 49.2 Å². The van der Waals surface area contributed by atoms with Crippen LogP contribution in [0.4, 0.5) is 5.69 Å². The molecular weight excluding hydrogens is 464 g/mol. The average Bonchev–Trinajstić information content (AvgIpc) is 3.35. The van der Waals surface area contributed by atoms with E-state index in [0.717, 1.165) is 12.8 Å². The SMILES string of the molecule is CCN(CC)S(=O)(=O)c1ccc(OC)c(C(=O)Nc2cccc(S(=O)(=O)C3CCCC3)c2)c1. The second-order valence-corrected chi connectivity index (χ2v) is 12.1. The van der Waals surface area contributed by atoms with E-state index in [4.69, 9.17) is 4.74 Å². The molecule has 0 heterocycles. The number of amides is 1. The van der Waals surface area contributed by atoms with Crippen LogP contribution in [0.1, 0.15) is 49.9 Å². The quantitative estimate of drug-likeness (QED) is 0.569. The molecule has 1 aliphatic carbocycles. The van der Waals surface area contributed by atoms with Crippen LogP contribution in [-0.2, 0) is 19.9 Å². The van der Waals surface area contributed by atoms with Gasteiger partial charge in [-0.25, -0.2) is 16.8 Å². The number of carbonyl (C=O) groups is 1. The number of sulfone groups is 1. The molecule has 1 aliphatic rings. The zero-order valence-electron chi connectivity index (χ0n) is 19.1. The summed E-state index contributed by atoms with van der Waals surface area (Å²) in [6, 6.07) is 10.3. The maximum atomic E-state index is 13.1. The standard InChI is InChI=1S/C23H30N2O6S2/c1-4-25(5-2)33(29,30)20-13-14-22(31-3)21(16-20)23(26)24-17-9-8-12-19(15-17)32(27,28)18-10-6-7-11-18/h8-9,12-16,18H,4-7,10-11H2,1-3H3,(H,24,26). The van der Waals surface area contributed by atoms with Gasteiger partial charge in [-0.3, -0.25) is 4.79 Å². The second kappa shape index (κ2) is 10.2. The monoisotopic (exact) mass is 494 g/mol. The number of hydrogen-bond donors (Lipinski definition) is 1. The predicted molar refractivity (Wildman–Crippen MR) is 127 cm³/mol. The van der Waals surface area contributed by atoms with Crippen molar-refractivity contribution >= 4 is 31.5 Å². The molecule has 0 saturated heterocycles. The lowest BCUT2D eigenvalue weighted by molar-refractivity contribution is 0.102. The molecule has 1 fully saturated rings. The van der Waals surface area contributed by atoms with Crippen LogP contribution in [-0.4, -0.2) is 52.5 Å². The van der Waals surface area contributed by atoms with Gasteiger partial charge in [0.25, 0.3) is 5.91 Å². The third kappa shape index (κ3) is 5.23. The summed E-state index contributed by atoms with van der Waals surface area (Å²) in [5, 5.41) is 2.28. The first kappa shape index (κ1) is 25.2. The Labute approximate surface area is 195 Å². The Kier molecular flexibility index (Phi) is 7.81. The predicted octanol–water partition coefficient (Wildman–Crippen LogP) is 3.69. The van der Waals surface area contributed by atoms with Crippen molar-refractivity contribution in [1.82, 2.24) is 4.31 Å². The zero-order chi connectivity index (χ0) is 24.2. The van der Waals surface area contributed by atoms with Crippen LogP contribution in [0.2, 0.25) is 0 Å². The molecule has 3 rings (SSSR count). The fourth-order valence-corrected chi connectivity index (χ4v) is 7.46. The van der Waals surface area contributed by atoms with Crippen molar-refractivity contribution in [3.63, 3.8) is 0 Å². The van der Waals surface area contributed by atoms with Crippen LogP contribution in [0.15, 0.2) is 52.3 Å². The minimum Gasteiger partial charge on any atom is -0.496 e. The first-order chi connectivity index (χ1) is 15.6. The molecule has 10 heteroatoms. The van der Waals surface area contributed by atoms with Crippen molar-refractivity contribution in [3.8, 4) is 5.75 Å². The fourth-order valence-electron chi connectivity index (χ4n) is 4.08. The zero-order valence-corrected chi connectivity index (χ0v) is 20.7. The van der Waals surface area contributed by atoms with E-state index in [1.165, 1.54) is 41.7 Å². The highest BCUT2D eigenvalue weighted by atomic mass is 32.2. The molecule has 8 nitrogen and oxygen atoms in total. The van der Waals surface area contributed by atoms with Crippen molar-refractivity contribution in [3.05, 3.63) is 48.0 Å². The summed E-state index contributed by atoms with van der Waals surface area (Å²) in [4.78, 5) is 13.2. The number of ether oxygens (including phenoxy) is 1. The lowest BCUT2D eigenvalue weighted by atomic mass is 10.2. The van der Waals surface area contributed by atoms with E-state index in [2.05, 4.69) is 5.32 Å². The topological polar surface area (TPSA) is 110 Å². The molecule has 0 spiro atoms. The Morgan fingerprint density at radius 3 is 2.27 bits per heavy atom. The highest BCUT2D eigenvalue weighted by Gasteiger charge is 2.30. The summed E-state index contributed by atoms with van der Waals surface area (Å²) in [5.41, 5.74) is 0.341. The van der Waals surface area contributed by atoms with Crippen molar-refractivity contribution in [2.24, 2.45) is 0 Å². The molecule has 0 aromatic heterocycles. The van der Waals surface area contributed by atoms with E-state index in [1.807, 2.05) is 0 Å². The smallest absolute Gasteiger partial charge is 0.259 e. The number of rotatable bonds is 9. The molecule has 0 radical (unpaired) electrons. The molecule has 2 aromatic carbocycles.